The van der Waals surface area contributed by atoms with Crippen molar-refractivity contribution in [3.63, 3.8) is 0 Å². The average molecular weight is 302 g/mol. The number of carboxylic acids is 1. The number of carbonyl (C=O) groups excluding carboxylic acids is 1. The standard InChI is InChI=1S/C15H14N2O3S/c1-10-5-2-3-7-12(10)21-9-13(18)17-14-11(15(19)20)6-4-8-16-14/h2-8H,9H2,1H3,(H,19,20)(H,16,17,18). The Morgan fingerprint density at radius 3 is 2.71 bits per heavy atom. The molecule has 5 nitrogen and oxygen atoms in total. The summed E-state index contributed by atoms with van der Waals surface area (Å²) in [5.41, 5.74) is 1.08. The molecule has 1 aromatic heterocycles. The van der Waals surface area contributed by atoms with Crippen LogP contribution in [0.1, 0.15) is 15.9 Å². The van der Waals surface area contributed by atoms with Gasteiger partial charge in [0.1, 0.15) is 11.4 Å². The number of pyridine rings is 1. The Labute approximate surface area is 126 Å². The van der Waals surface area contributed by atoms with E-state index in [0.29, 0.717) is 0 Å². The van der Waals surface area contributed by atoms with Gasteiger partial charge in [-0.2, -0.15) is 0 Å². The molecule has 0 saturated heterocycles. The smallest absolute Gasteiger partial charge is 0.339 e. The first-order valence-corrected chi connectivity index (χ1v) is 7.23. The van der Waals surface area contributed by atoms with Crippen molar-refractivity contribution in [3.8, 4) is 0 Å². The predicted molar refractivity (Wildman–Crippen MR) is 81.7 cm³/mol. The number of nitrogens with zero attached hydrogens (tertiary/aromatic N) is 1. The average Bonchev–Trinajstić information content (AvgIpc) is 2.47. The second-order valence-corrected chi connectivity index (χ2v) is 5.32. The molecule has 0 spiro atoms. The summed E-state index contributed by atoms with van der Waals surface area (Å²) in [6.07, 6.45) is 1.44. The van der Waals surface area contributed by atoms with Crippen molar-refractivity contribution in [2.45, 2.75) is 11.8 Å². The SMILES string of the molecule is Cc1ccccc1SCC(=O)Nc1ncccc1C(=O)O. The summed E-state index contributed by atoms with van der Waals surface area (Å²) in [5.74, 6) is -1.14. The Bertz CT molecular complexity index is 673. The first kappa shape index (κ1) is 15.1. The number of hydrogen-bond acceptors (Lipinski definition) is 4. The number of aryl methyl sites for hydroxylation is 1. The largest absolute Gasteiger partial charge is 0.478 e. The van der Waals surface area contributed by atoms with E-state index in [0.717, 1.165) is 10.5 Å². The third-order valence-corrected chi connectivity index (χ3v) is 3.92. The quantitative estimate of drug-likeness (QED) is 0.830. The number of benzene rings is 1. The molecule has 21 heavy (non-hydrogen) atoms. The molecule has 2 aromatic rings. The van der Waals surface area contributed by atoms with Crippen LogP contribution in [0.15, 0.2) is 47.5 Å². The lowest BCUT2D eigenvalue weighted by Crippen LogP contribution is -2.17. The first-order chi connectivity index (χ1) is 10.1. The van der Waals surface area contributed by atoms with E-state index < -0.39 is 5.97 Å². The molecule has 0 aliphatic heterocycles. The van der Waals surface area contributed by atoms with Gasteiger partial charge in [0.2, 0.25) is 5.91 Å². The summed E-state index contributed by atoms with van der Waals surface area (Å²) < 4.78 is 0. The summed E-state index contributed by atoms with van der Waals surface area (Å²) in [4.78, 5) is 27.8. The first-order valence-electron chi connectivity index (χ1n) is 6.24. The fourth-order valence-corrected chi connectivity index (χ4v) is 2.54. The monoisotopic (exact) mass is 302 g/mol. The van der Waals surface area contributed by atoms with Crippen LogP contribution in [-0.2, 0) is 4.79 Å². The third-order valence-electron chi connectivity index (χ3n) is 2.75. The maximum atomic E-state index is 11.9. The molecule has 0 fully saturated rings. The Hall–Kier alpha value is -2.34. The van der Waals surface area contributed by atoms with E-state index in [1.807, 2.05) is 31.2 Å². The highest BCUT2D eigenvalue weighted by Crippen LogP contribution is 2.22. The van der Waals surface area contributed by atoms with E-state index in [2.05, 4.69) is 10.3 Å². The number of rotatable bonds is 5. The van der Waals surface area contributed by atoms with E-state index in [-0.39, 0.29) is 23.0 Å². The molecular formula is C15H14N2O3S. The summed E-state index contributed by atoms with van der Waals surface area (Å²) in [5, 5.41) is 11.6. The van der Waals surface area contributed by atoms with E-state index in [4.69, 9.17) is 5.11 Å². The summed E-state index contributed by atoms with van der Waals surface area (Å²) in [6.45, 7) is 1.97. The lowest BCUT2D eigenvalue weighted by atomic mass is 10.2. The van der Waals surface area contributed by atoms with Crippen molar-refractivity contribution >= 4 is 29.5 Å². The number of thioether (sulfide) groups is 1. The fourth-order valence-electron chi connectivity index (χ4n) is 1.71. The summed E-state index contributed by atoms with van der Waals surface area (Å²) in [7, 11) is 0. The minimum absolute atomic E-state index is 0.0215. The number of amides is 1. The van der Waals surface area contributed by atoms with E-state index in [1.165, 1.54) is 30.1 Å². The molecule has 1 aromatic carbocycles. The summed E-state index contributed by atoms with van der Waals surface area (Å²) >= 11 is 1.40. The second kappa shape index (κ2) is 6.90. The van der Waals surface area contributed by atoms with Gasteiger partial charge in [-0.15, -0.1) is 11.8 Å². The molecule has 0 saturated carbocycles. The lowest BCUT2D eigenvalue weighted by Gasteiger charge is -2.08. The Morgan fingerprint density at radius 2 is 2.00 bits per heavy atom. The maximum Gasteiger partial charge on any atom is 0.339 e. The molecule has 0 unspecified atom stereocenters. The summed E-state index contributed by atoms with van der Waals surface area (Å²) in [6, 6.07) is 10.7. The number of aromatic nitrogens is 1. The number of anilines is 1. The van der Waals surface area contributed by atoms with Gasteiger partial charge in [-0.05, 0) is 30.7 Å². The Morgan fingerprint density at radius 1 is 1.24 bits per heavy atom. The zero-order valence-corrected chi connectivity index (χ0v) is 12.2. The van der Waals surface area contributed by atoms with Crippen molar-refractivity contribution in [2.24, 2.45) is 0 Å². The molecule has 0 radical (unpaired) electrons. The van der Waals surface area contributed by atoms with Crippen molar-refractivity contribution < 1.29 is 14.7 Å². The minimum atomic E-state index is -1.12. The van der Waals surface area contributed by atoms with Crippen LogP contribution in [0, 0.1) is 6.92 Å². The molecular weight excluding hydrogens is 288 g/mol. The molecule has 0 atom stereocenters. The molecule has 108 valence electrons. The van der Waals surface area contributed by atoms with Crippen LogP contribution >= 0.6 is 11.8 Å². The second-order valence-electron chi connectivity index (χ2n) is 4.31. The normalized spacial score (nSPS) is 10.1. The molecule has 1 amide bonds. The maximum absolute atomic E-state index is 11.9. The van der Waals surface area contributed by atoms with Gasteiger partial charge in [0.05, 0.1) is 5.75 Å². The van der Waals surface area contributed by atoms with E-state index in [1.54, 1.807) is 0 Å². The number of aromatic carboxylic acids is 1. The molecule has 1 heterocycles. The number of carbonyl (C=O) groups is 2. The minimum Gasteiger partial charge on any atom is -0.478 e. The molecule has 0 aliphatic rings. The van der Waals surface area contributed by atoms with Crippen LogP contribution in [0.5, 0.6) is 0 Å². The molecule has 6 heteroatoms. The molecule has 0 bridgehead atoms. The van der Waals surface area contributed by atoms with Crippen LogP contribution < -0.4 is 5.32 Å². The van der Waals surface area contributed by atoms with Gasteiger partial charge >= 0.3 is 5.97 Å². The van der Waals surface area contributed by atoms with Gasteiger partial charge in [-0.25, -0.2) is 9.78 Å². The third kappa shape index (κ3) is 4.06. The van der Waals surface area contributed by atoms with E-state index >= 15 is 0 Å². The number of carboxylic acid groups (broad SMARTS) is 1. The highest BCUT2D eigenvalue weighted by molar-refractivity contribution is 8.00. The van der Waals surface area contributed by atoms with Crippen molar-refractivity contribution in [1.29, 1.82) is 0 Å². The van der Waals surface area contributed by atoms with Gasteiger partial charge < -0.3 is 10.4 Å². The number of hydrogen-bond donors (Lipinski definition) is 2. The van der Waals surface area contributed by atoms with Gasteiger partial charge in [-0.3, -0.25) is 4.79 Å². The topological polar surface area (TPSA) is 79.3 Å². The van der Waals surface area contributed by atoms with Crippen molar-refractivity contribution in [3.05, 3.63) is 53.7 Å². The van der Waals surface area contributed by atoms with Crippen LogP contribution in [0.25, 0.3) is 0 Å². The van der Waals surface area contributed by atoms with Gasteiger partial charge in [-0.1, -0.05) is 18.2 Å². The van der Waals surface area contributed by atoms with Crippen LogP contribution in [0.3, 0.4) is 0 Å². The Kier molecular flexibility index (Phi) is 4.94. The van der Waals surface area contributed by atoms with Crippen LogP contribution in [0.2, 0.25) is 0 Å². The van der Waals surface area contributed by atoms with Crippen LogP contribution in [0.4, 0.5) is 5.82 Å². The van der Waals surface area contributed by atoms with Gasteiger partial charge in [0, 0.05) is 11.1 Å². The zero-order chi connectivity index (χ0) is 15.2. The highest BCUT2D eigenvalue weighted by Gasteiger charge is 2.13. The molecule has 0 aliphatic carbocycles. The molecule has 2 N–H and O–H groups in total. The molecule has 2 rings (SSSR count). The Balaban J connectivity index is 2.00. The van der Waals surface area contributed by atoms with Gasteiger partial charge in [0.25, 0.3) is 0 Å². The number of nitrogens with one attached hydrogen (secondary N) is 1. The predicted octanol–water partition coefficient (Wildman–Crippen LogP) is 2.82. The van der Waals surface area contributed by atoms with Gasteiger partial charge in [0.15, 0.2) is 0 Å². The fraction of sp³-hybridized carbons (Fsp3) is 0.133. The van der Waals surface area contributed by atoms with Crippen molar-refractivity contribution in [2.75, 3.05) is 11.1 Å². The highest BCUT2D eigenvalue weighted by atomic mass is 32.2. The van der Waals surface area contributed by atoms with Crippen LogP contribution in [-0.4, -0.2) is 27.7 Å². The van der Waals surface area contributed by atoms with Crippen molar-refractivity contribution in [1.82, 2.24) is 4.98 Å². The van der Waals surface area contributed by atoms with E-state index in [9.17, 15) is 9.59 Å². The lowest BCUT2D eigenvalue weighted by molar-refractivity contribution is -0.113. The zero-order valence-electron chi connectivity index (χ0n) is 11.4.